The lowest BCUT2D eigenvalue weighted by Crippen LogP contribution is -2.64. The number of esters is 5. The Bertz CT molecular complexity index is 1510. The highest BCUT2D eigenvalue weighted by Gasteiger charge is 2.71. The minimum absolute atomic E-state index is 0.0496. The Morgan fingerprint density at radius 2 is 1.59 bits per heavy atom. The van der Waals surface area contributed by atoms with Gasteiger partial charge in [-0.3, -0.25) is 28.8 Å². The van der Waals surface area contributed by atoms with Crippen LogP contribution in [-0.2, 0) is 61.9 Å². The molecule has 2 saturated heterocycles. The molecule has 6 rings (SSSR count). The maximum Gasteiger partial charge on any atom is 0.303 e. The molecule has 0 aromatic rings. The zero-order valence-corrected chi connectivity index (χ0v) is 29.1. The van der Waals surface area contributed by atoms with Crippen LogP contribution in [0.5, 0.6) is 0 Å². The van der Waals surface area contributed by atoms with E-state index in [9.17, 15) is 28.8 Å². The Balaban J connectivity index is 1.40. The summed E-state index contributed by atoms with van der Waals surface area (Å²) in [6.07, 6.45) is 0.615. The van der Waals surface area contributed by atoms with Gasteiger partial charge in [0, 0.05) is 70.3 Å². The maximum absolute atomic E-state index is 14.6. The Morgan fingerprint density at radius 1 is 0.918 bits per heavy atom. The second-order valence-electron chi connectivity index (χ2n) is 14.7. The largest absolute Gasteiger partial charge is 0.465 e. The first-order valence-corrected chi connectivity index (χ1v) is 17.2. The number of Topliss-reactive ketones (excluding diaryl/α,β-unsaturated/α-hetero) is 1. The molecule has 0 aromatic heterocycles. The minimum Gasteiger partial charge on any atom is -0.465 e. The summed E-state index contributed by atoms with van der Waals surface area (Å²) in [5.41, 5.74) is 2.04. The predicted octanol–water partition coefficient (Wildman–Crippen LogP) is 3.31. The van der Waals surface area contributed by atoms with Gasteiger partial charge in [-0.05, 0) is 31.1 Å². The van der Waals surface area contributed by atoms with Crippen molar-refractivity contribution in [1.29, 1.82) is 0 Å². The van der Waals surface area contributed by atoms with Gasteiger partial charge in [0.25, 0.3) is 0 Å². The maximum atomic E-state index is 14.6. The number of carbonyl (C=O) groups is 6. The predicted molar refractivity (Wildman–Crippen MR) is 167 cm³/mol. The highest BCUT2D eigenvalue weighted by Crippen LogP contribution is 2.64. The molecule has 0 unspecified atom stereocenters. The number of ketones is 1. The lowest BCUT2D eigenvalue weighted by atomic mass is 9.51. The van der Waals surface area contributed by atoms with Crippen LogP contribution in [0.4, 0.5) is 0 Å². The SMILES string of the molecule is CC(=O)OC[C@H]1[C@@H]2C3=C(C(=O)[C@@H]2O[C@@]12OC[C@H](C)[C@@H](OC(C)=O)[C@@H]2OC(C)=O)[C@@H]1CC=C2C[C@@H](OC(C)=O)C[C@@H](OC(C)=O)[C@]2(C)[C@H]1CC3. The molecular formula is C36H46O13. The van der Waals surface area contributed by atoms with E-state index in [0.29, 0.717) is 37.7 Å². The first-order chi connectivity index (χ1) is 23.1. The zero-order valence-electron chi connectivity index (χ0n) is 29.1. The van der Waals surface area contributed by atoms with Gasteiger partial charge in [-0.2, -0.15) is 0 Å². The van der Waals surface area contributed by atoms with Crippen molar-refractivity contribution in [2.75, 3.05) is 13.2 Å². The standard InChI is InChI=1S/C36H46O13/c1-16-14-44-36(34(48-21(6)41)32(16)47-20(5)40)27(15-43-17(2)37)30-25-10-11-26-24(29(25)31(42)33(30)49-36)9-8-22-12-23(45-18(3)38)13-28(35(22,26)7)46-19(4)39/h8,16,23-24,26-28,30,32-34H,9-15H2,1-7H3/t16-,23+,24+,26-,27-,28+,30-,32+,33+,34-,35-,36-/m0/s1. The fourth-order valence-corrected chi connectivity index (χ4v) is 9.88. The number of hydrogen-bond donors (Lipinski definition) is 0. The normalized spacial score (nSPS) is 40.6. The molecule has 6 aliphatic rings. The van der Waals surface area contributed by atoms with Gasteiger partial charge >= 0.3 is 29.8 Å². The summed E-state index contributed by atoms with van der Waals surface area (Å²) < 4.78 is 41.7. The number of hydrogen-bond acceptors (Lipinski definition) is 13. The third-order valence-corrected chi connectivity index (χ3v) is 11.6. The Morgan fingerprint density at radius 3 is 2.22 bits per heavy atom. The summed E-state index contributed by atoms with van der Waals surface area (Å²) in [7, 11) is 0. The third kappa shape index (κ3) is 5.90. The molecule has 1 spiro atoms. The summed E-state index contributed by atoms with van der Waals surface area (Å²) in [5.74, 6) is -6.45. The second kappa shape index (κ2) is 12.9. The first kappa shape index (κ1) is 35.3. The lowest BCUT2D eigenvalue weighted by molar-refractivity contribution is -0.339. The van der Waals surface area contributed by atoms with Crippen molar-refractivity contribution in [2.45, 2.75) is 117 Å². The lowest BCUT2D eigenvalue weighted by Gasteiger charge is -2.55. The van der Waals surface area contributed by atoms with Crippen LogP contribution >= 0.6 is 0 Å². The van der Waals surface area contributed by atoms with E-state index < -0.39 is 83.4 Å². The number of carbonyl (C=O) groups excluding carboxylic acids is 6. The van der Waals surface area contributed by atoms with Crippen molar-refractivity contribution in [2.24, 2.45) is 35.0 Å². The fourth-order valence-electron chi connectivity index (χ4n) is 9.88. The van der Waals surface area contributed by atoms with E-state index in [0.717, 1.165) is 11.1 Å². The van der Waals surface area contributed by atoms with Crippen molar-refractivity contribution >= 4 is 35.6 Å². The molecule has 0 N–H and O–H groups in total. The Hall–Kier alpha value is -3.58. The van der Waals surface area contributed by atoms with Crippen LogP contribution < -0.4 is 0 Å². The van der Waals surface area contributed by atoms with E-state index in [1.807, 2.05) is 0 Å². The minimum atomic E-state index is -1.73. The third-order valence-electron chi connectivity index (χ3n) is 11.6. The number of fused-ring (bicyclic) bond motifs is 6. The van der Waals surface area contributed by atoms with Gasteiger partial charge < -0.3 is 33.2 Å². The van der Waals surface area contributed by atoms with Crippen LogP contribution in [0, 0.1) is 35.0 Å². The molecule has 1 saturated carbocycles. The first-order valence-electron chi connectivity index (χ1n) is 17.2. The number of ether oxygens (including phenoxy) is 7. The molecule has 268 valence electrons. The molecule has 4 aliphatic carbocycles. The molecule has 12 atom stereocenters. The van der Waals surface area contributed by atoms with Crippen molar-refractivity contribution in [3.8, 4) is 0 Å². The molecule has 49 heavy (non-hydrogen) atoms. The van der Waals surface area contributed by atoms with Crippen LogP contribution in [-0.4, -0.2) is 85.2 Å². The van der Waals surface area contributed by atoms with E-state index in [1.54, 1.807) is 6.92 Å². The van der Waals surface area contributed by atoms with E-state index >= 15 is 0 Å². The van der Waals surface area contributed by atoms with Crippen LogP contribution in [0.15, 0.2) is 22.8 Å². The summed E-state index contributed by atoms with van der Waals surface area (Å²) in [5, 5.41) is 0. The smallest absolute Gasteiger partial charge is 0.303 e. The fraction of sp³-hybridized carbons (Fsp3) is 0.722. The highest BCUT2D eigenvalue weighted by atomic mass is 16.7. The molecule has 3 fully saturated rings. The average molecular weight is 687 g/mol. The Labute approximate surface area is 285 Å². The van der Waals surface area contributed by atoms with Crippen LogP contribution in [0.2, 0.25) is 0 Å². The van der Waals surface area contributed by atoms with Crippen molar-refractivity contribution in [3.05, 3.63) is 22.8 Å². The van der Waals surface area contributed by atoms with Crippen LogP contribution in [0.3, 0.4) is 0 Å². The van der Waals surface area contributed by atoms with E-state index in [4.69, 9.17) is 33.2 Å². The van der Waals surface area contributed by atoms with Gasteiger partial charge in [0.1, 0.15) is 31.0 Å². The highest BCUT2D eigenvalue weighted by molar-refractivity contribution is 6.04. The quantitative estimate of drug-likeness (QED) is 0.227. The van der Waals surface area contributed by atoms with Gasteiger partial charge in [0.05, 0.1) is 12.5 Å². The summed E-state index contributed by atoms with van der Waals surface area (Å²) >= 11 is 0. The van der Waals surface area contributed by atoms with E-state index in [-0.39, 0.29) is 36.8 Å². The topological polar surface area (TPSA) is 167 Å². The van der Waals surface area contributed by atoms with Gasteiger partial charge in [-0.1, -0.05) is 31.1 Å². The summed E-state index contributed by atoms with van der Waals surface area (Å²) in [4.78, 5) is 75.7. The number of rotatable bonds is 6. The van der Waals surface area contributed by atoms with Gasteiger partial charge in [-0.15, -0.1) is 0 Å². The average Bonchev–Trinajstić information content (AvgIpc) is 3.46. The molecule has 0 aromatic carbocycles. The van der Waals surface area contributed by atoms with Gasteiger partial charge in [0.2, 0.25) is 5.79 Å². The number of allylic oxidation sites excluding steroid dienone is 1. The van der Waals surface area contributed by atoms with Crippen molar-refractivity contribution in [3.63, 3.8) is 0 Å². The molecular weight excluding hydrogens is 640 g/mol. The molecule has 13 nitrogen and oxygen atoms in total. The molecule has 2 aliphatic heterocycles. The summed E-state index contributed by atoms with van der Waals surface area (Å²) in [6.45, 7) is 10.3. The van der Waals surface area contributed by atoms with Gasteiger partial charge in [-0.25, -0.2) is 0 Å². The molecule has 0 bridgehead atoms. The molecule has 13 heteroatoms. The van der Waals surface area contributed by atoms with Crippen LogP contribution in [0.1, 0.15) is 80.6 Å². The van der Waals surface area contributed by atoms with Crippen molar-refractivity contribution in [1.82, 2.24) is 0 Å². The molecule has 0 radical (unpaired) electrons. The Kier molecular flexibility index (Phi) is 9.32. The van der Waals surface area contributed by atoms with Gasteiger partial charge in [0.15, 0.2) is 11.9 Å². The summed E-state index contributed by atoms with van der Waals surface area (Å²) in [6, 6.07) is 0. The molecule has 2 heterocycles. The van der Waals surface area contributed by atoms with E-state index in [2.05, 4.69) is 13.0 Å². The monoisotopic (exact) mass is 686 g/mol. The van der Waals surface area contributed by atoms with E-state index in [1.165, 1.54) is 34.6 Å². The molecule has 0 amide bonds. The van der Waals surface area contributed by atoms with Crippen LogP contribution in [0.25, 0.3) is 0 Å². The van der Waals surface area contributed by atoms with Crippen molar-refractivity contribution < 1.29 is 61.9 Å². The second-order valence-corrected chi connectivity index (χ2v) is 14.7. The zero-order chi connectivity index (χ0) is 35.6.